The molecule has 3 heteroatoms. The zero-order valence-corrected chi connectivity index (χ0v) is 28.5. The average molecular weight is 652 g/mol. The van der Waals surface area contributed by atoms with E-state index in [2.05, 4.69) is 140 Å². The van der Waals surface area contributed by atoms with Crippen molar-refractivity contribution < 1.29 is 0 Å². The number of nitrogens with zero attached hydrogens (tertiary/aromatic N) is 3. The highest BCUT2D eigenvalue weighted by Crippen LogP contribution is 2.53. The molecule has 0 bridgehead atoms. The molecule has 0 aliphatic heterocycles. The van der Waals surface area contributed by atoms with E-state index in [1.807, 2.05) is 30.3 Å². The summed E-state index contributed by atoms with van der Waals surface area (Å²) in [6.07, 6.45) is 0.877. The summed E-state index contributed by atoms with van der Waals surface area (Å²) < 4.78 is 2.48. The minimum absolute atomic E-state index is 0.0399. The lowest BCUT2D eigenvalue weighted by atomic mass is 9.82. The third-order valence-corrected chi connectivity index (χ3v) is 11.4. The summed E-state index contributed by atoms with van der Waals surface area (Å²) in [7, 11) is 0. The Bertz CT molecular complexity index is 2910. The molecule has 0 unspecified atom stereocenters. The molecule has 11 rings (SSSR count). The molecular weight excluding hydrogens is 619 g/mol. The van der Waals surface area contributed by atoms with Gasteiger partial charge in [-0.05, 0) is 93.4 Å². The highest BCUT2D eigenvalue weighted by Gasteiger charge is 2.37. The normalized spacial score (nSPS) is 13.8. The lowest BCUT2D eigenvalue weighted by molar-refractivity contribution is 0.661. The largest absolute Gasteiger partial charge is 0.309 e. The van der Waals surface area contributed by atoms with Crippen molar-refractivity contribution in [2.75, 3.05) is 0 Å². The van der Waals surface area contributed by atoms with Crippen molar-refractivity contribution >= 4 is 32.8 Å². The highest BCUT2D eigenvalue weighted by molar-refractivity contribution is 6.18. The van der Waals surface area contributed by atoms with E-state index in [0.717, 1.165) is 40.0 Å². The van der Waals surface area contributed by atoms with E-state index < -0.39 is 0 Å². The third kappa shape index (κ3) is 4.00. The van der Waals surface area contributed by atoms with Crippen LogP contribution >= 0.6 is 0 Å². The van der Waals surface area contributed by atoms with Crippen LogP contribution in [0.3, 0.4) is 0 Å². The number of fused-ring (bicyclic) bond motifs is 11. The van der Waals surface area contributed by atoms with Crippen LogP contribution in [0.25, 0.3) is 83.3 Å². The Balaban J connectivity index is 1.05. The molecule has 0 amide bonds. The van der Waals surface area contributed by atoms with Crippen LogP contribution in [0.5, 0.6) is 0 Å². The maximum atomic E-state index is 5.18. The van der Waals surface area contributed by atoms with E-state index in [9.17, 15) is 0 Å². The second kappa shape index (κ2) is 10.3. The Hall–Kier alpha value is -6.32. The Morgan fingerprint density at radius 3 is 2.00 bits per heavy atom. The topological polar surface area (TPSA) is 30.7 Å². The first-order valence-electron chi connectivity index (χ1n) is 17.8. The van der Waals surface area contributed by atoms with Crippen molar-refractivity contribution in [1.82, 2.24) is 14.5 Å². The lowest BCUT2D eigenvalue weighted by Crippen LogP contribution is -2.14. The summed E-state index contributed by atoms with van der Waals surface area (Å²) in [5, 5.41) is 2.65. The van der Waals surface area contributed by atoms with Gasteiger partial charge in [0.05, 0.1) is 33.5 Å². The van der Waals surface area contributed by atoms with E-state index >= 15 is 0 Å². The van der Waals surface area contributed by atoms with Gasteiger partial charge in [0.15, 0.2) is 0 Å². The van der Waals surface area contributed by atoms with Crippen molar-refractivity contribution in [2.24, 2.45) is 0 Å². The Labute approximate surface area is 296 Å². The van der Waals surface area contributed by atoms with E-state index in [4.69, 9.17) is 9.97 Å². The van der Waals surface area contributed by atoms with Crippen LogP contribution in [0.2, 0.25) is 0 Å². The minimum Gasteiger partial charge on any atom is -0.309 e. The number of para-hydroxylation sites is 3. The molecule has 7 aromatic carbocycles. The van der Waals surface area contributed by atoms with Gasteiger partial charge in [0, 0.05) is 33.0 Å². The molecule has 2 aliphatic carbocycles. The summed E-state index contributed by atoms with van der Waals surface area (Å²) in [6, 6.07) is 55.1. The van der Waals surface area contributed by atoms with Gasteiger partial charge < -0.3 is 4.57 Å². The molecule has 0 saturated carbocycles. The summed E-state index contributed by atoms with van der Waals surface area (Å²) in [4.78, 5) is 10.3. The molecule has 240 valence electrons. The first kappa shape index (κ1) is 28.5. The molecular formula is C48H33N3. The van der Waals surface area contributed by atoms with Gasteiger partial charge in [0.2, 0.25) is 0 Å². The molecule has 0 N–H and O–H groups in total. The summed E-state index contributed by atoms with van der Waals surface area (Å²) in [5.41, 5.74) is 20.3. The molecule has 3 nitrogen and oxygen atoms in total. The number of hydrogen-bond donors (Lipinski definition) is 0. The van der Waals surface area contributed by atoms with Gasteiger partial charge >= 0.3 is 0 Å². The predicted octanol–water partition coefficient (Wildman–Crippen LogP) is 11.9. The minimum atomic E-state index is -0.0399. The van der Waals surface area contributed by atoms with E-state index in [0.29, 0.717) is 0 Å². The fraction of sp³-hybridized carbons (Fsp3) is 0.0833. The number of benzene rings is 7. The van der Waals surface area contributed by atoms with Crippen LogP contribution in [0, 0.1) is 0 Å². The molecule has 51 heavy (non-hydrogen) atoms. The van der Waals surface area contributed by atoms with Crippen molar-refractivity contribution in [3.63, 3.8) is 0 Å². The molecule has 2 heterocycles. The quantitative estimate of drug-likeness (QED) is 0.190. The monoisotopic (exact) mass is 651 g/mol. The lowest BCUT2D eigenvalue weighted by Gasteiger charge is -2.21. The van der Waals surface area contributed by atoms with Gasteiger partial charge in [0.1, 0.15) is 0 Å². The van der Waals surface area contributed by atoms with Crippen molar-refractivity contribution in [3.8, 4) is 50.5 Å². The SMILES string of the molecule is CC1(C)c2ccccc2-c2c1ccc1c2c2ccccc2n1-c1ccc2c(c1)Cc1cc(-c3nc4ccccc4nc3-c3ccccc3)ccc1-2. The van der Waals surface area contributed by atoms with Gasteiger partial charge in [-0.2, -0.15) is 0 Å². The van der Waals surface area contributed by atoms with Crippen LogP contribution < -0.4 is 0 Å². The first-order valence-corrected chi connectivity index (χ1v) is 17.8. The van der Waals surface area contributed by atoms with E-state index in [1.165, 1.54) is 72.0 Å². The number of hydrogen-bond acceptors (Lipinski definition) is 2. The van der Waals surface area contributed by atoms with Crippen molar-refractivity contribution in [3.05, 3.63) is 174 Å². The first-order chi connectivity index (χ1) is 25.0. The maximum Gasteiger partial charge on any atom is 0.0973 e. The molecule has 9 aromatic rings. The molecule has 0 atom stereocenters. The molecule has 0 radical (unpaired) electrons. The standard InChI is InChI=1S/C48H33N3/c1-48(2)38-16-8-6-14-36(38)44-39(48)24-25-43-45(44)37-15-7-11-19-42(37)51(43)33-21-23-35-32(28-33)27-31-26-30(20-22-34(31)35)47-46(29-12-4-3-5-13-29)49-40-17-9-10-18-41(40)50-47/h3-26,28H,27H2,1-2H3. The van der Waals surface area contributed by atoms with Gasteiger partial charge in [-0.15, -0.1) is 0 Å². The van der Waals surface area contributed by atoms with Gasteiger partial charge in [0.25, 0.3) is 0 Å². The van der Waals surface area contributed by atoms with E-state index in [1.54, 1.807) is 0 Å². The summed E-state index contributed by atoms with van der Waals surface area (Å²) in [5.74, 6) is 0. The Kier molecular flexibility index (Phi) is 5.79. The maximum absolute atomic E-state index is 5.18. The van der Waals surface area contributed by atoms with Crippen molar-refractivity contribution in [2.45, 2.75) is 25.7 Å². The Morgan fingerprint density at radius 2 is 1.18 bits per heavy atom. The van der Waals surface area contributed by atoms with Crippen LogP contribution in [-0.4, -0.2) is 14.5 Å². The summed E-state index contributed by atoms with van der Waals surface area (Å²) >= 11 is 0. The van der Waals surface area contributed by atoms with Crippen LogP contribution in [0.4, 0.5) is 0 Å². The summed E-state index contributed by atoms with van der Waals surface area (Å²) in [6.45, 7) is 4.72. The molecule has 0 saturated heterocycles. The second-order valence-corrected chi connectivity index (χ2v) is 14.6. The van der Waals surface area contributed by atoms with Crippen LogP contribution in [0.15, 0.2) is 152 Å². The fourth-order valence-electron chi connectivity index (χ4n) is 9.01. The zero-order chi connectivity index (χ0) is 33.8. The second-order valence-electron chi connectivity index (χ2n) is 14.6. The highest BCUT2D eigenvalue weighted by atomic mass is 15.0. The zero-order valence-electron chi connectivity index (χ0n) is 28.5. The third-order valence-electron chi connectivity index (χ3n) is 11.4. The molecule has 2 aliphatic rings. The Morgan fingerprint density at radius 1 is 0.510 bits per heavy atom. The van der Waals surface area contributed by atoms with Gasteiger partial charge in [-0.1, -0.05) is 123 Å². The van der Waals surface area contributed by atoms with Gasteiger partial charge in [-0.25, -0.2) is 9.97 Å². The molecule has 0 fully saturated rings. The van der Waals surface area contributed by atoms with Crippen LogP contribution in [-0.2, 0) is 11.8 Å². The average Bonchev–Trinajstić information content (AvgIpc) is 3.79. The van der Waals surface area contributed by atoms with E-state index in [-0.39, 0.29) is 5.41 Å². The fourth-order valence-corrected chi connectivity index (χ4v) is 9.01. The van der Waals surface area contributed by atoms with Crippen LogP contribution in [0.1, 0.15) is 36.1 Å². The van der Waals surface area contributed by atoms with Crippen molar-refractivity contribution in [1.29, 1.82) is 0 Å². The smallest absolute Gasteiger partial charge is 0.0973 e. The molecule has 0 spiro atoms. The molecule has 2 aromatic heterocycles. The van der Waals surface area contributed by atoms with Gasteiger partial charge in [-0.3, -0.25) is 0 Å². The number of rotatable bonds is 3. The number of aromatic nitrogens is 3. The predicted molar refractivity (Wildman–Crippen MR) is 211 cm³/mol.